The van der Waals surface area contributed by atoms with Gasteiger partial charge >= 0.3 is 0 Å². The van der Waals surface area contributed by atoms with Gasteiger partial charge in [-0.1, -0.05) is 17.4 Å². The van der Waals surface area contributed by atoms with Crippen LogP contribution in [0.5, 0.6) is 0 Å². The molecule has 0 aromatic carbocycles. The summed E-state index contributed by atoms with van der Waals surface area (Å²) in [6.45, 7) is 0. The van der Waals surface area contributed by atoms with Crippen LogP contribution in [0.15, 0.2) is 28.6 Å². The van der Waals surface area contributed by atoms with Crippen LogP contribution in [0.4, 0.5) is 0 Å². The lowest BCUT2D eigenvalue weighted by Crippen LogP contribution is -2.22. The molecule has 0 saturated heterocycles. The van der Waals surface area contributed by atoms with Crippen molar-refractivity contribution >= 4 is 33.7 Å². The molecule has 0 atom stereocenters. The number of hydrogen-bond acceptors (Lipinski definition) is 5. The number of rotatable bonds is 1. The van der Waals surface area contributed by atoms with Gasteiger partial charge in [-0.05, 0) is 17.5 Å². The third-order valence-corrected chi connectivity index (χ3v) is 3.76. The highest BCUT2D eigenvalue weighted by Crippen LogP contribution is 2.09. The monoisotopic (exact) mass is 235 g/mol. The summed E-state index contributed by atoms with van der Waals surface area (Å²) < 4.78 is 2.16. The Morgan fingerprint density at radius 2 is 2.40 bits per heavy atom. The lowest BCUT2D eigenvalue weighted by molar-refractivity contribution is 1.08. The van der Waals surface area contributed by atoms with Crippen LogP contribution < -0.4 is 10.1 Å². The molecule has 4 nitrogen and oxygen atoms in total. The third kappa shape index (κ3) is 1.38. The lowest BCUT2D eigenvalue weighted by atomic mass is 10.4. The van der Waals surface area contributed by atoms with Crippen LogP contribution in [0.25, 0.3) is 11.0 Å². The Labute approximate surface area is 92.1 Å². The van der Waals surface area contributed by atoms with Gasteiger partial charge in [-0.25, -0.2) is 4.40 Å². The Morgan fingerprint density at radius 1 is 1.47 bits per heavy atom. The Kier molecular flexibility index (Phi) is 1.90. The molecule has 3 aromatic heterocycles. The molecule has 0 N–H and O–H groups in total. The van der Waals surface area contributed by atoms with E-state index in [1.807, 2.05) is 23.6 Å². The molecule has 3 aromatic rings. The lowest BCUT2D eigenvalue weighted by Gasteiger charge is -1.77. The van der Waals surface area contributed by atoms with Gasteiger partial charge in [0, 0.05) is 4.88 Å². The summed E-state index contributed by atoms with van der Waals surface area (Å²) >= 11 is 2.96. The summed E-state index contributed by atoms with van der Waals surface area (Å²) in [6.07, 6.45) is 3.33. The zero-order valence-corrected chi connectivity index (χ0v) is 9.09. The van der Waals surface area contributed by atoms with E-state index in [4.69, 9.17) is 0 Å². The normalized spacial score (nSPS) is 12.7. The van der Waals surface area contributed by atoms with Crippen LogP contribution in [0.1, 0.15) is 4.88 Å². The summed E-state index contributed by atoms with van der Waals surface area (Å²) in [7, 11) is 0. The summed E-state index contributed by atoms with van der Waals surface area (Å²) in [4.78, 5) is 13.5. The van der Waals surface area contributed by atoms with Crippen LogP contribution in [0.3, 0.4) is 0 Å². The standard InChI is InChI=1S/C9H5N3OS2/c13-8-7(4-6-2-1-3-14-6)15-9-11-10-5-12(8)9/h1-5H/b7-4-. The van der Waals surface area contributed by atoms with Gasteiger partial charge in [0.15, 0.2) is 0 Å². The van der Waals surface area contributed by atoms with Gasteiger partial charge in [0.1, 0.15) is 6.33 Å². The summed E-state index contributed by atoms with van der Waals surface area (Å²) in [5.74, 6) is 0. The zero-order valence-electron chi connectivity index (χ0n) is 7.45. The molecule has 3 heterocycles. The fourth-order valence-electron chi connectivity index (χ4n) is 1.29. The quantitative estimate of drug-likeness (QED) is 0.625. The van der Waals surface area contributed by atoms with Gasteiger partial charge < -0.3 is 0 Å². The van der Waals surface area contributed by atoms with Crippen molar-refractivity contribution in [3.05, 3.63) is 43.6 Å². The second-order valence-electron chi connectivity index (χ2n) is 2.91. The molecule has 0 aliphatic carbocycles. The molecule has 3 rings (SSSR count). The fourth-order valence-corrected chi connectivity index (χ4v) is 2.90. The smallest absolute Gasteiger partial charge is 0.267 e. The molecule has 0 saturated carbocycles. The minimum Gasteiger partial charge on any atom is -0.267 e. The first kappa shape index (κ1) is 8.75. The molecule has 0 fully saturated rings. The molecular weight excluding hydrogens is 230 g/mol. The maximum atomic E-state index is 11.8. The SMILES string of the molecule is O=c1/c(=C/c2cccs2)sc2nncn12. The van der Waals surface area contributed by atoms with E-state index >= 15 is 0 Å². The van der Waals surface area contributed by atoms with Crippen molar-refractivity contribution in [1.82, 2.24) is 14.6 Å². The molecule has 0 spiro atoms. The van der Waals surface area contributed by atoms with Crippen molar-refractivity contribution in [2.24, 2.45) is 0 Å². The van der Waals surface area contributed by atoms with E-state index in [9.17, 15) is 4.79 Å². The average Bonchev–Trinajstić information content (AvgIpc) is 2.89. The molecule has 15 heavy (non-hydrogen) atoms. The molecule has 0 aliphatic rings. The summed E-state index contributed by atoms with van der Waals surface area (Å²) in [5.41, 5.74) is -0.0478. The molecule has 0 aliphatic heterocycles. The second kappa shape index (κ2) is 3.25. The van der Waals surface area contributed by atoms with E-state index < -0.39 is 0 Å². The topological polar surface area (TPSA) is 47.3 Å². The highest BCUT2D eigenvalue weighted by Gasteiger charge is 2.04. The molecule has 6 heteroatoms. The number of thiazole rings is 1. The third-order valence-electron chi connectivity index (χ3n) is 1.96. The summed E-state index contributed by atoms with van der Waals surface area (Å²) in [6, 6.07) is 3.94. The average molecular weight is 235 g/mol. The molecule has 74 valence electrons. The predicted octanol–water partition coefficient (Wildman–Crippen LogP) is 0.760. The van der Waals surface area contributed by atoms with Crippen molar-refractivity contribution in [1.29, 1.82) is 0 Å². The van der Waals surface area contributed by atoms with Crippen LogP contribution in [-0.4, -0.2) is 14.6 Å². The van der Waals surface area contributed by atoms with E-state index in [-0.39, 0.29) is 5.56 Å². The fraction of sp³-hybridized carbons (Fsp3) is 0. The minimum absolute atomic E-state index is 0.0478. The van der Waals surface area contributed by atoms with Crippen LogP contribution >= 0.6 is 22.7 Å². The van der Waals surface area contributed by atoms with Gasteiger partial charge in [0.05, 0.1) is 4.53 Å². The number of fused-ring (bicyclic) bond motifs is 1. The Morgan fingerprint density at radius 3 is 3.13 bits per heavy atom. The second-order valence-corrected chi connectivity index (χ2v) is 4.90. The number of hydrogen-bond donors (Lipinski definition) is 0. The van der Waals surface area contributed by atoms with Crippen LogP contribution in [-0.2, 0) is 0 Å². The van der Waals surface area contributed by atoms with Crippen molar-refractivity contribution < 1.29 is 0 Å². The van der Waals surface area contributed by atoms with E-state index in [1.165, 1.54) is 22.1 Å². The van der Waals surface area contributed by atoms with Crippen molar-refractivity contribution in [3.63, 3.8) is 0 Å². The van der Waals surface area contributed by atoms with Gasteiger partial charge in [0.2, 0.25) is 4.96 Å². The van der Waals surface area contributed by atoms with E-state index in [0.717, 1.165) is 4.88 Å². The maximum absolute atomic E-state index is 11.8. The number of thiophene rings is 1. The predicted molar refractivity (Wildman–Crippen MR) is 60.2 cm³/mol. The molecule has 0 bridgehead atoms. The van der Waals surface area contributed by atoms with Crippen molar-refractivity contribution in [3.8, 4) is 0 Å². The summed E-state index contributed by atoms with van der Waals surface area (Å²) in [5, 5.41) is 9.50. The zero-order chi connectivity index (χ0) is 10.3. The van der Waals surface area contributed by atoms with Gasteiger partial charge in [-0.15, -0.1) is 21.5 Å². The van der Waals surface area contributed by atoms with Gasteiger partial charge in [-0.2, -0.15) is 0 Å². The van der Waals surface area contributed by atoms with Gasteiger partial charge in [-0.3, -0.25) is 4.79 Å². The van der Waals surface area contributed by atoms with Gasteiger partial charge in [0.25, 0.3) is 5.56 Å². The Bertz CT molecular complexity index is 695. The van der Waals surface area contributed by atoms with E-state index in [2.05, 4.69) is 10.2 Å². The number of nitrogens with zero attached hydrogens (tertiary/aromatic N) is 3. The molecule has 0 radical (unpaired) electrons. The first-order valence-corrected chi connectivity index (χ1v) is 5.92. The first-order valence-electron chi connectivity index (χ1n) is 4.22. The highest BCUT2D eigenvalue weighted by molar-refractivity contribution is 7.15. The molecular formula is C9H5N3OS2. The maximum Gasteiger partial charge on any atom is 0.275 e. The first-order chi connectivity index (χ1) is 7.34. The van der Waals surface area contributed by atoms with Crippen molar-refractivity contribution in [2.75, 3.05) is 0 Å². The largest absolute Gasteiger partial charge is 0.275 e. The Balaban J connectivity index is 2.32. The molecule has 0 amide bonds. The number of aromatic nitrogens is 3. The van der Waals surface area contributed by atoms with Crippen molar-refractivity contribution in [2.45, 2.75) is 0 Å². The highest BCUT2D eigenvalue weighted by atomic mass is 32.1. The minimum atomic E-state index is -0.0478. The molecule has 0 unspecified atom stereocenters. The van der Waals surface area contributed by atoms with E-state index in [0.29, 0.717) is 9.49 Å². The van der Waals surface area contributed by atoms with Crippen LogP contribution in [0.2, 0.25) is 0 Å². The Hall–Kier alpha value is -1.53. The van der Waals surface area contributed by atoms with E-state index in [1.54, 1.807) is 11.3 Å². The van der Waals surface area contributed by atoms with Crippen LogP contribution in [0, 0.1) is 0 Å².